The highest BCUT2D eigenvalue weighted by atomic mass is 32.1. The number of nitrogens with zero attached hydrogens (tertiary/aromatic N) is 4. The quantitative estimate of drug-likeness (QED) is 0.492. The Balaban J connectivity index is 1.71. The van der Waals surface area contributed by atoms with Crippen molar-refractivity contribution in [1.29, 1.82) is 0 Å². The number of hydrogen-bond donors (Lipinski definition) is 1. The summed E-state index contributed by atoms with van der Waals surface area (Å²) in [5.74, 6) is 0.395. The first-order valence-electron chi connectivity index (χ1n) is 9.42. The van der Waals surface area contributed by atoms with Gasteiger partial charge in [0.2, 0.25) is 0 Å². The normalized spacial score (nSPS) is 10.9. The third-order valence-electron chi connectivity index (χ3n) is 4.98. The maximum atomic E-state index is 12.0. The molecule has 152 valence electrons. The molecule has 0 saturated carbocycles. The lowest BCUT2D eigenvalue weighted by Crippen LogP contribution is -2.13. The predicted molar refractivity (Wildman–Crippen MR) is 117 cm³/mol. The topological polar surface area (TPSA) is 95.9 Å². The summed E-state index contributed by atoms with van der Waals surface area (Å²) in [6, 6.07) is 9.74. The average molecular weight is 420 g/mol. The molecule has 0 atom stereocenters. The summed E-state index contributed by atoms with van der Waals surface area (Å²) in [6.45, 7) is 2.56. The molecule has 7 nitrogen and oxygen atoms in total. The highest BCUT2D eigenvalue weighted by Crippen LogP contribution is 2.31. The van der Waals surface area contributed by atoms with Crippen molar-refractivity contribution in [2.75, 3.05) is 7.11 Å². The van der Waals surface area contributed by atoms with Crippen LogP contribution in [-0.2, 0) is 13.0 Å². The van der Waals surface area contributed by atoms with Crippen LogP contribution in [0.25, 0.3) is 22.1 Å². The molecule has 0 aliphatic carbocycles. The van der Waals surface area contributed by atoms with E-state index in [1.54, 1.807) is 25.7 Å². The molecule has 0 unspecified atom stereocenters. The lowest BCUT2D eigenvalue weighted by molar-refractivity contribution is 0.0999. The van der Waals surface area contributed by atoms with Gasteiger partial charge in [-0.25, -0.2) is 4.98 Å². The maximum Gasteiger partial charge on any atom is 0.250 e. The molecule has 0 fully saturated rings. The molecule has 0 aliphatic heterocycles. The first-order valence-corrected chi connectivity index (χ1v) is 10.3. The van der Waals surface area contributed by atoms with E-state index in [4.69, 9.17) is 15.5 Å². The molecule has 3 heterocycles. The van der Waals surface area contributed by atoms with E-state index < -0.39 is 5.91 Å². The van der Waals surface area contributed by atoms with E-state index in [0.717, 1.165) is 39.8 Å². The van der Waals surface area contributed by atoms with Gasteiger partial charge in [-0.05, 0) is 31.0 Å². The van der Waals surface area contributed by atoms with Crippen molar-refractivity contribution >= 4 is 17.2 Å². The number of nitrogens with two attached hydrogens (primary N) is 1. The standard InChI is InChI=1S/C22H21N5O2S/c1-14-16(21(23)28)11-19(18-13-30-22(26-18)17-12-24-8-9-25-17)27(14)10-7-15-5-3-4-6-20(15)29-2/h3-6,8-9,11-13H,7,10H2,1-2H3,(H2,23,28). The molecule has 3 aromatic heterocycles. The number of aromatic nitrogens is 4. The monoisotopic (exact) mass is 419 g/mol. The molecular weight excluding hydrogens is 398 g/mol. The van der Waals surface area contributed by atoms with Gasteiger partial charge in [0, 0.05) is 30.0 Å². The molecule has 0 radical (unpaired) electrons. The molecule has 4 rings (SSSR count). The zero-order valence-electron chi connectivity index (χ0n) is 16.7. The molecule has 2 N–H and O–H groups in total. The number of carbonyl (C=O) groups is 1. The molecule has 0 saturated heterocycles. The number of thiazole rings is 1. The van der Waals surface area contributed by atoms with Crippen LogP contribution >= 0.6 is 11.3 Å². The molecule has 0 spiro atoms. The third kappa shape index (κ3) is 3.81. The fourth-order valence-electron chi connectivity index (χ4n) is 3.46. The van der Waals surface area contributed by atoms with Crippen LogP contribution < -0.4 is 10.5 Å². The number of hydrogen-bond acceptors (Lipinski definition) is 6. The Morgan fingerprint density at radius 2 is 2.07 bits per heavy atom. The van der Waals surface area contributed by atoms with Gasteiger partial charge in [-0.15, -0.1) is 11.3 Å². The lowest BCUT2D eigenvalue weighted by Gasteiger charge is -2.13. The summed E-state index contributed by atoms with van der Waals surface area (Å²) < 4.78 is 7.55. The minimum absolute atomic E-state index is 0.450. The fourth-order valence-corrected chi connectivity index (χ4v) is 4.23. The van der Waals surface area contributed by atoms with Crippen molar-refractivity contribution in [3.63, 3.8) is 0 Å². The zero-order valence-corrected chi connectivity index (χ0v) is 17.5. The van der Waals surface area contributed by atoms with Crippen LogP contribution in [0.2, 0.25) is 0 Å². The van der Waals surface area contributed by atoms with Crippen molar-refractivity contribution in [2.24, 2.45) is 5.73 Å². The largest absolute Gasteiger partial charge is 0.496 e. The second kappa shape index (κ2) is 8.46. The van der Waals surface area contributed by atoms with Crippen LogP contribution in [0.15, 0.2) is 54.3 Å². The Bertz CT molecular complexity index is 1180. The number of methoxy groups -OCH3 is 1. The van der Waals surface area contributed by atoms with Crippen LogP contribution in [0, 0.1) is 6.92 Å². The summed E-state index contributed by atoms with van der Waals surface area (Å²) in [6.07, 6.45) is 5.69. The molecule has 30 heavy (non-hydrogen) atoms. The van der Waals surface area contributed by atoms with E-state index in [1.165, 1.54) is 11.3 Å². The van der Waals surface area contributed by atoms with E-state index in [1.807, 2.05) is 42.6 Å². The molecule has 0 aliphatic rings. The number of benzene rings is 1. The number of carbonyl (C=O) groups excluding carboxylic acids is 1. The van der Waals surface area contributed by atoms with Gasteiger partial charge < -0.3 is 15.0 Å². The Labute approximate surface area is 178 Å². The molecule has 1 amide bonds. The number of aryl methyl sites for hydroxylation is 1. The van der Waals surface area contributed by atoms with Crippen LogP contribution in [0.4, 0.5) is 0 Å². The Kier molecular flexibility index (Phi) is 5.58. The smallest absolute Gasteiger partial charge is 0.250 e. The fraction of sp³-hybridized carbons (Fsp3) is 0.182. The Morgan fingerprint density at radius 3 is 2.80 bits per heavy atom. The summed E-state index contributed by atoms with van der Waals surface area (Å²) >= 11 is 1.49. The predicted octanol–water partition coefficient (Wildman–Crippen LogP) is 3.73. The SMILES string of the molecule is COc1ccccc1CCn1c(-c2csc(-c3cnccn3)n2)cc(C(N)=O)c1C. The van der Waals surface area contributed by atoms with E-state index in [9.17, 15) is 4.79 Å². The van der Waals surface area contributed by atoms with Gasteiger partial charge in [-0.1, -0.05) is 18.2 Å². The van der Waals surface area contributed by atoms with Crippen molar-refractivity contribution in [3.8, 4) is 27.8 Å². The van der Waals surface area contributed by atoms with E-state index >= 15 is 0 Å². The van der Waals surface area contributed by atoms with E-state index in [0.29, 0.717) is 17.8 Å². The van der Waals surface area contributed by atoms with Gasteiger partial charge in [0.15, 0.2) is 0 Å². The third-order valence-corrected chi connectivity index (χ3v) is 5.84. The van der Waals surface area contributed by atoms with Crippen LogP contribution in [0.5, 0.6) is 5.75 Å². The van der Waals surface area contributed by atoms with Crippen LogP contribution in [0.1, 0.15) is 21.6 Å². The van der Waals surface area contributed by atoms with Crippen molar-refractivity contribution in [2.45, 2.75) is 19.9 Å². The van der Waals surface area contributed by atoms with Gasteiger partial charge >= 0.3 is 0 Å². The number of amides is 1. The minimum atomic E-state index is -0.450. The molecular formula is C22H21N5O2S. The molecule has 4 aromatic rings. The summed E-state index contributed by atoms with van der Waals surface area (Å²) in [7, 11) is 1.67. The minimum Gasteiger partial charge on any atom is -0.496 e. The molecule has 8 heteroatoms. The highest BCUT2D eigenvalue weighted by Gasteiger charge is 2.19. The molecule has 0 bridgehead atoms. The highest BCUT2D eigenvalue weighted by molar-refractivity contribution is 7.13. The zero-order chi connectivity index (χ0) is 21.1. The number of rotatable bonds is 7. The Hall–Kier alpha value is -3.52. The lowest BCUT2D eigenvalue weighted by atomic mass is 10.1. The van der Waals surface area contributed by atoms with Gasteiger partial charge in [-0.2, -0.15) is 0 Å². The summed E-state index contributed by atoms with van der Waals surface area (Å²) in [4.78, 5) is 25.1. The van der Waals surface area contributed by atoms with Crippen molar-refractivity contribution in [3.05, 3.63) is 71.1 Å². The first kappa shape index (κ1) is 19.8. The summed E-state index contributed by atoms with van der Waals surface area (Å²) in [5.41, 5.74) is 10.4. The summed E-state index contributed by atoms with van der Waals surface area (Å²) in [5, 5.41) is 2.73. The van der Waals surface area contributed by atoms with Crippen molar-refractivity contribution < 1.29 is 9.53 Å². The van der Waals surface area contributed by atoms with Gasteiger partial charge in [0.05, 0.1) is 30.3 Å². The molecule has 1 aromatic carbocycles. The van der Waals surface area contributed by atoms with Gasteiger partial charge in [0.25, 0.3) is 5.91 Å². The first-order chi connectivity index (χ1) is 14.6. The second-order valence-electron chi connectivity index (χ2n) is 6.73. The van der Waals surface area contributed by atoms with Crippen LogP contribution in [0.3, 0.4) is 0 Å². The second-order valence-corrected chi connectivity index (χ2v) is 7.59. The number of primary amides is 1. The van der Waals surface area contributed by atoms with E-state index in [2.05, 4.69) is 14.5 Å². The van der Waals surface area contributed by atoms with Crippen molar-refractivity contribution in [1.82, 2.24) is 19.5 Å². The number of ether oxygens (including phenoxy) is 1. The average Bonchev–Trinajstić information content (AvgIpc) is 3.38. The Morgan fingerprint density at radius 1 is 1.23 bits per heavy atom. The van der Waals surface area contributed by atoms with Gasteiger partial charge in [-0.3, -0.25) is 14.8 Å². The van der Waals surface area contributed by atoms with Gasteiger partial charge in [0.1, 0.15) is 16.5 Å². The van der Waals surface area contributed by atoms with E-state index in [-0.39, 0.29) is 0 Å². The van der Waals surface area contributed by atoms with Crippen LogP contribution in [-0.4, -0.2) is 32.5 Å². The number of para-hydroxylation sites is 1. The maximum absolute atomic E-state index is 12.0.